The van der Waals surface area contributed by atoms with Crippen LogP contribution in [0.3, 0.4) is 0 Å². The molecule has 0 spiro atoms. The van der Waals surface area contributed by atoms with Crippen molar-refractivity contribution in [2.75, 3.05) is 40.4 Å². The fraction of sp³-hybridized carbons (Fsp3) is 0.500. The largest absolute Gasteiger partial charge is 0.497 e. The van der Waals surface area contributed by atoms with E-state index in [2.05, 4.69) is 47.9 Å². The minimum absolute atomic E-state index is 0.213. The molecule has 9 heterocycles. The van der Waals surface area contributed by atoms with E-state index in [1.54, 1.807) is 14.2 Å². The molecule has 282 valence electrons. The van der Waals surface area contributed by atoms with Gasteiger partial charge in [0, 0.05) is 59.5 Å². The number of benzene rings is 2. The molecule has 2 aromatic carbocycles. The van der Waals surface area contributed by atoms with E-state index < -0.39 is 0 Å². The number of aromatic nitrogens is 4. The Labute approximate surface area is 318 Å². The Morgan fingerprint density at radius 3 is 1.46 bits per heavy atom. The number of hydrogen-bond donors (Lipinski definition) is 0. The van der Waals surface area contributed by atoms with Crippen molar-refractivity contribution in [3.8, 4) is 23.3 Å². The lowest BCUT2D eigenvalue weighted by molar-refractivity contribution is -0.0511. The molecule has 10 nitrogen and oxygen atoms in total. The van der Waals surface area contributed by atoms with Crippen molar-refractivity contribution in [2.45, 2.75) is 76.7 Å². The van der Waals surface area contributed by atoms with Crippen molar-refractivity contribution in [2.24, 2.45) is 23.7 Å². The van der Waals surface area contributed by atoms with Crippen molar-refractivity contribution in [3.05, 3.63) is 84.2 Å². The summed E-state index contributed by atoms with van der Waals surface area (Å²) in [5, 5.41) is 11.5. The van der Waals surface area contributed by atoms with Crippen molar-refractivity contribution in [1.29, 1.82) is 0 Å². The number of piperidine rings is 6. The highest BCUT2D eigenvalue weighted by atomic mass is 16.5. The van der Waals surface area contributed by atoms with Gasteiger partial charge in [-0.05, 0) is 111 Å². The zero-order valence-corrected chi connectivity index (χ0v) is 31.9. The van der Waals surface area contributed by atoms with Gasteiger partial charge in [0.1, 0.15) is 23.7 Å². The van der Waals surface area contributed by atoms with Crippen LogP contribution in [0.25, 0.3) is 21.8 Å². The van der Waals surface area contributed by atoms with E-state index in [1.165, 1.54) is 25.7 Å². The van der Waals surface area contributed by atoms with Crippen LogP contribution in [0.15, 0.2) is 73.1 Å². The van der Waals surface area contributed by atoms with Crippen molar-refractivity contribution >= 4 is 21.8 Å². The third-order valence-corrected chi connectivity index (χ3v) is 13.3. The summed E-state index contributed by atoms with van der Waals surface area (Å²) in [5.74, 6) is 5.42. The second-order valence-electron chi connectivity index (χ2n) is 15.9. The molecule has 10 heteroatoms. The van der Waals surface area contributed by atoms with Gasteiger partial charge in [-0.3, -0.25) is 19.8 Å². The number of rotatable bonds is 12. The quantitative estimate of drug-likeness (QED) is 0.126. The second-order valence-corrected chi connectivity index (χ2v) is 15.9. The van der Waals surface area contributed by atoms with E-state index in [-0.39, 0.29) is 24.3 Å². The molecule has 0 aliphatic carbocycles. The summed E-state index contributed by atoms with van der Waals surface area (Å²) in [6.07, 6.45) is 10.4. The Bertz CT molecular complexity index is 1950. The highest BCUT2D eigenvalue weighted by Crippen LogP contribution is 2.46. The first kappa shape index (κ1) is 35.2. The van der Waals surface area contributed by atoms with Gasteiger partial charge in [-0.2, -0.15) is 0 Å². The molecular weight excluding hydrogens is 677 g/mol. The molecule has 4 bridgehead atoms. The third kappa shape index (κ3) is 6.51. The van der Waals surface area contributed by atoms with Crippen LogP contribution in [0.5, 0.6) is 23.3 Å². The Morgan fingerprint density at radius 1 is 0.630 bits per heavy atom. The van der Waals surface area contributed by atoms with Crippen LogP contribution in [-0.2, 0) is 0 Å². The number of fused-ring (bicyclic) bond motifs is 8. The molecule has 6 aliphatic rings. The molecular formula is C44H52N6O4. The fourth-order valence-electron chi connectivity index (χ4n) is 10.4. The maximum absolute atomic E-state index is 6.98. The average Bonchev–Trinajstić information content (AvgIpc) is 3.24. The van der Waals surface area contributed by atoms with Gasteiger partial charge in [0.25, 0.3) is 0 Å². The number of nitrogens with zero attached hydrogens (tertiary/aromatic N) is 6. The van der Waals surface area contributed by atoms with Gasteiger partial charge in [0.05, 0.1) is 37.3 Å². The van der Waals surface area contributed by atoms with Gasteiger partial charge >= 0.3 is 0 Å². The second kappa shape index (κ2) is 14.9. The topological polar surface area (TPSA) is 95.0 Å². The lowest BCUT2D eigenvalue weighted by Crippen LogP contribution is -2.56. The number of hydrogen-bond acceptors (Lipinski definition) is 10. The maximum atomic E-state index is 6.98. The molecule has 54 heavy (non-hydrogen) atoms. The highest BCUT2D eigenvalue weighted by molar-refractivity contribution is 5.85. The standard InChI is InChI=1S/C44H52N6O4/c1-5-27-25-49-19-15-29(27)21-39(49)43(33-13-17-45-37-9-7-31(51-3)23-35(33)37)53-41-11-12-42(48-47-41)54-44(40-22-30-16-20-50(40)26-28(30)6-2)34-14-18-46-38-10-8-32(52-4)24-36(34)38/h7-14,17-18,23-24,27-30,39-40,43-44H,5-6,15-16,19-22,25-26H2,1-4H3/t27-,28-,29-,30-,39+,40+,43+,44+/m0/s1. The first-order chi connectivity index (χ1) is 26.5. The van der Waals surface area contributed by atoms with Crippen molar-refractivity contribution in [3.63, 3.8) is 0 Å². The molecule has 10 atom stereocenters. The SMILES string of the molecule is CC[C@H]1CN2CC[C@H]1C[C@@H]2[C@H](Oc1ccc(O[C@H](c2ccnc3ccc(OC)cc23)[C@H]2C[C@@H]3CCN2C[C@@H]3CC)nn1)c1ccnc2ccc(OC)cc12. The Hall–Kier alpha value is -4.54. The maximum Gasteiger partial charge on any atom is 0.234 e. The van der Waals surface area contributed by atoms with E-state index in [9.17, 15) is 0 Å². The lowest BCUT2D eigenvalue weighted by Gasteiger charge is -2.52. The zero-order chi connectivity index (χ0) is 36.8. The average molecular weight is 729 g/mol. The summed E-state index contributed by atoms with van der Waals surface area (Å²) < 4.78 is 25.3. The Morgan fingerprint density at radius 2 is 1.09 bits per heavy atom. The van der Waals surface area contributed by atoms with E-state index in [1.807, 2.05) is 48.8 Å². The first-order valence-electron chi connectivity index (χ1n) is 20.0. The minimum atomic E-state index is -0.257. The third-order valence-electron chi connectivity index (χ3n) is 13.3. The molecule has 0 radical (unpaired) electrons. The highest BCUT2D eigenvalue weighted by Gasteiger charge is 2.46. The van der Waals surface area contributed by atoms with Crippen molar-refractivity contribution < 1.29 is 18.9 Å². The minimum Gasteiger partial charge on any atom is -0.497 e. The molecule has 0 saturated carbocycles. The van der Waals surface area contributed by atoms with Crippen LogP contribution in [-0.4, -0.2) is 82.4 Å². The molecule has 11 rings (SSSR count). The van der Waals surface area contributed by atoms with Crippen LogP contribution in [0.1, 0.15) is 75.7 Å². The van der Waals surface area contributed by atoms with Gasteiger partial charge in [-0.1, -0.05) is 26.7 Å². The molecule has 6 fully saturated rings. The van der Waals surface area contributed by atoms with E-state index in [4.69, 9.17) is 39.1 Å². The molecule has 6 saturated heterocycles. The van der Waals surface area contributed by atoms with Crippen LogP contribution < -0.4 is 18.9 Å². The molecule has 5 aromatic rings. The van der Waals surface area contributed by atoms with Crippen LogP contribution in [0.4, 0.5) is 0 Å². The summed E-state index contributed by atoms with van der Waals surface area (Å²) >= 11 is 0. The monoisotopic (exact) mass is 728 g/mol. The summed E-state index contributed by atoms with van der Waals surface area (Å²) in [6.45, 7) is 9.04. The van der Waals surface area contributed by atoms with Gasteiger partial charge in [0.15, 0.2) is 0 Å². The predicted molar refractivity (Wildman–Crippen MR) is 209 cm³/mol. The zero-order valence-electron chi connectivity index (χ0n) is 31.9. The Kier molecular flexibility index (Phi) is 9.74. The Balaban J connectivity index is 1.04. The molecule has 3 aromatic heterocycles. The van der Waals surface area contributed by atoms with Gasteiger partial charge in [-0.15, -0.1) is 10.2 Å². The van der Waals surface area contributed by atoms with Gasteiger partial charge in [0.2, 0.25) is 11.8 Å². The number of ether oxygens (including phenoxy) is 4. The van der Waals surface area contributed by atoms with Crippen molar-refractivity contribution in [1.82, 2.24) is 30.0 Å². The van der Waals surface area contributed by atoms with Gasteiger partial charge in [-0.25, -0.2) is 0 Å². The normalized spacial score (nSPS) is 28.5. The van der Waals surface area contributed by atoms with Crippen LogP contribution >= 0.6 is 0 Å². The van der Waals surface area contributed by atoms with E-state index >= 15 is 0 Å². The molecule has 0 N–H and O–H groups in total. The predicted octanol–water partition coefficient (Wildman–Crippen LogP) is 8.07. The fourth-order valence-corrected chi connectivity index (χ4v) is 10.4. The summed E-state index contributed by atoms with van der Waals surface area (Å²) in [5.41, 5.74) is 4.03. The summed E-state index contributed by atoms with van der Waals surface area (Å²) in [7, 11) is 3.41. The smallest absolute Gasteiger partial charge is 0.234 e. The van der Waals surface area contributed by atoms with E-state index in [0.717, 1.165) is 95.3 Å². The first-order valence-corrected chi connectivity index (χ1v) is 20.0. The number of pyridine rings is 2. The van der Waals surface area contributed by atoms with Crippen LogP contribution in [0.2, 0.25) is 0 Å². The van der Waals surface area contributed by atoms with Gasteiger partial charge < -0.3 is 18.9 Å². The summed E-state index contributed by atoms with van der Waals surface area (Å²) in [4.78, 5) is 14.7. The van der Waals surface area contributed by atoms with E-state index in [0.29, 0.717) is 23.6 Å². The lowest BCUT2D eigenvalue weighted by atomic mass is 9.72. The summed E-state index contributed by atoms with van der Waals surface area (Å²) in [6, 6.07) is 20.6. The van der Waals surface area contributed by atoms with Crippen LogP contribution in [0, 0.1) is 23.7 Å². The molecule has 0 amide bonds. The molecule has 6 aliphatic heterocycles. The number of methoxy groups -OCH3 is 2. The molecule has 2 unspecified atom stereocenters.